The summed E-state index contributed by atoms with van der Waals surface area (Å²) in [5.41, 5.74) is 1.08. The number of carbonyl (C=O) groups excluding carboxylic acids is 1. The van der Waals surface area contributed by atoms with Gasteiger partial charge in [0.05, 0.1) is 0 Å². The van der Waals surface area contributed by atoms with E-state index in [1.165, 1.54) is 25.7 Å². The van der Waals surface area contributed by atoms with E-state index in [0.29, 0.717) is 12.8 Å². The molecule has 1 aliphatic carbocycles. The van der Waals surface area contributed by atoms with Gasteiger partial charge in [-0.25, -0.2) is 0 Å². The molecule has 0 radical (unpaired) electrons. The highest BCUT2D eigenvalue weighted by atomic mass is 16.3. The number of furan rings is 1. The average Bonchev–Trinajstić information content (AvgIpc) is 3.39. The third kappa shape index (κ3) is 4.01. The maximum atomic E-state index is 12.5. The van der Waals surface area contributed by atoms with Gasteiger partial charge in [0.15, 0.2) is 0 Å². The Morgan fingerprint density at radius 1 is 0.962 bits per heavy atom. The molecule has 2 aromatic rings. The summed E-state index contributed by atoms with van der Waals surface area (Å²) in [6.07, 6.45) is 6.64. The highest BCUT2D eigenvalue weighted by Gasteiger charge is 2.27. The van der Waals surface area contributed by atoms with Gasteiger partial charge >= 0.3 is 0 Å². The van der Waals surface area contributed by atoms with E-state index in [2.05, 4.69) is 4.90 Å². The zero-order valence-corrected chi connectivity index (χ0v) is 15.4. The minimum atomic E-state index is 0.258. The van der Waals surface area contributed by atoms with Gasteiger partial charge in [0, 0.05) is 50.6 Å². The maximum absolute atomic E-state index is 12.5. The Labute approximate surface area is 155 Å². The quantitative estimate of drug-likeness (QED) is 0.817. The molecule has 26 heavy (non-hydrogen) atoms. The number of nitrogens with zero attached hydrogens (tertiary/aromatic N) is 2. The summed E-state index contributed by atoms with van der Waals surface area (Å²) in [6, 6.07) is 14.8. The van der Waals surface area contributed by atoms with Gasteiger partial charge in [-0.05, 0) is 25.0 Å². The van der Waals surface area contributed by atoms with E-state index in [1.807, 2.05) is 47.4 Å². The standard InChI is InChI=1S/C22H28N2O2/c25-22(24-16-14-23(15-17-24)19-8-4-5-9-19)13-11-20-10-12-21(26-20)18-6-2-1-3-7-18/h1-3,6-7,10,12,19H,4-5,8-9,11,13-17H2. The SMILES string of the molecule is O=C(CCc1ccc(-c2ccccc2)o1)N1CCN(C2CCCC2)CC1. The van der Waals surface area contributed by atoms with Crippen molar-refractivity contribution >= 4 is 5.91 Å². The van der Waals surface area contributed by atoms with Gasteiger partial charge in [0.1, 0.15) is 11.5 Å². The molecule has 4 rings (SSSR count). The predicted molar refractivity (Wildman–Crippen MR) is 103 cm³/mol. The van der Waals surface area contributed by atoms with E-state index >= 15 is 0 Å². The molecule has 2 heterocycles. The molecule has 0 unspecified atom stereocenters. The largest absolute Gasteiger partial charge is 0.461 e. The van der Waals surface area contributed by atoms with Crippen LogP contribution in [0.2, 0.25) is 0 Å². The minimum Gasteiger partial charge on any atom is -0.461 e. The molecule has 4 heteroatoms. The number of piperazine rings is 1. The van der Waals surface area contributed by atoms with Crippen molar-refractivity contribution in [3.63, 3.8) is 0 Å². The van der Waals surface area contributed by atoms with Crippen molar-refractivity contribution in [1.29, 1.82) is 0 Å². The molecule has 4 nitrogen and oxygen atoms in total. The highest BCUT2D eigenvalue weighted by molar-refractivity contribution is 5.76. The van der Waals surface area contributed by atoms with Gasteiger partial charge in [-0.2, -0.15) is 0 Å². The van der Waals surface area contributed by atoms with Gasteiger partial charge in [-0.3, -0.25) is 9.69 Å². The number of amides is 1. The lowest BCUT2D eigenvalue weighted by molar-refractivity contribution is -0.133. The monoisotopic (exact) mass is 352 g/mol. The Bertz CT molecular complexity index is 711. The van der Waals surface area contributed by atoms with Gasteiger partial charge in [0.2, 0.25) is 5.91 Å². The lowest BCUT2D eigenvalue weighted by Gasteiger charge is -2.38. The fourth-order valence-corrected chi connectivity index (χ4v) is 4.26. The zero-order valence-electron chi connectivity index (χ0n) is 15.4. The molecular formula is C22H28N2O2. The van der Waals surface area contributed by atoms with E-state index in [0.717, 1.165) is 49.3 Å². The summed E-state index contributed by atoms with van der Waals surface area (Å²) < 4.78 is 5.91. The fraction of sp³-hybridized carbons (Fsp3) is 0.500. The summed E-state index contributed by atoms with van der Waals surface area (Å²) in [4.78, 5) is 17.2. The third-order valence-corrected chi connectivity index (χ3v) is 5.81. The van der Waals surface area contributed by atoms with E-state index < -0.39 is 0 Å². The summed E-state index contributed by atoms with van der Waals surface area (Å²) in [5.74, 6) is 2.02. The maximum Gasteiger partial charge on any atom is 0.223 e. The lowest BCUT2D eigenvalue weighted by Crippen LogP contribution is -2.51. The van der Waals surface area contributed by atoms with E-state index in [-0.39, 0.29) is 5.91 Å². The Balaban J connectivity index is 1.25. The number of rotatable bonds is 5. The third-order valence-electron chi connectivity index (χ3n) is 5.81. The highest BCUT2D eigenvalue weighted by Crippen LogP contribution is 2.25. The number of aryl methyl sites for hydroxylation is 1. The van der Waals surface area contributed by atoms with E-state index in [9.17, 15) is 4.79 Å². The first kappa shape index (κ1) is 17.3. The normalized spacial score (nSPS) is 19.2. The van der Waals surface area contributed by atoms with E-state index in [1.54, 1.807) is 0 Å². The minimum absolute atomic E-state index is 0.258. The van der Waals surface area contributed by atoms with Crippen LogP contribution in [0.25, 0.3) is 11.3 Å². The van der Waals surface area contributed by atoms with Crippen molar-refractivity contribution in [2.45, 2.75) is 44.6 Å². The summed E-state index contributed by atoms with van der Waals surface area (Å²) in [5, 5.41) is 0. The second-order valence-corrected chi connectivity index (χ2v) is 7.49. The van der Waals surface area contributed by atoms with Gasteiger partial charge in [0.25, 0.3) is 0 Å². The molecule has 0 spiro atoms. The van der Waals surface area contributed by atoms with Crippen LogP contribution < -0.4 is 0 Å². The van der Waals surface area contributed by atoms with Gasteiger partial charge in [-0.15, -0.1) is 0 Å². The number of benzene rings is 1. The van der Waals surface area contributed by atoms with Crippen molar-refractivity contribution in [3.8, 4) is 11.3 Å². The van der Waals surface area contributed by atoms with Crippen LogP contribution >= 0.6 is 0 Å². The first-order chi connectivity index (χ1) is 12.8. The number of hydrogen-bond acceptors (Lipinski definition) is 3. The molecule has 0 atom stereocenters. The van der Waals surface area contributed by atoms with Crippen molar-refractivity contribution in [1.82, 2.24) is 9.80 Å². The molecule has 1 aromatic carbocycles. The van der Waals surface area contributed by atoms with Crippen molar-refractivity contribution in [2.24, 2.45) is 0 Å². The molecule has 138 valence electrons. The molecule has 1 saturated carbocycles. The van der Waals surface area contributed by atoms with Crippen LogP contribution in [0.15, 0.2) is 46.9 Å². The molecule has 1 aliphatic heterocycles. The summed E-state index contributed by atoms with van der Waals surface area (Å²) in [7, 11) is 0. The molecule has 2 fully saturated rings. The molecular weight excluding hydrogens is 324 g/mol. The molecule has 1 saturated heterocycles. The van der Waals surface area contributed by atoms with Crippen LogP contribution in [0.5, 0.6) is 0 Å². The van der Waals surface area contributed by atoms with Gasteiger partial charge < -0.3 is 9.32 Å². The van der Waals surface area contributed by atoms with Crippen LogP contribution in [0.1, 0.15) is 37.9 Å². The fourth-order valence-electron chi connectivity index (χ4n) is 4.26. The predicted octanol–water partition coefficient (Wildman–Crippen LogP) is 3.97. The molecule has 2 aliphatic rings. The Morgan fingerprint density at radius 2 is 1.69 bits per heavy atom. The zero-order chi connectivity index (χ0) is 17.8. The van der Waals surface area contributed by atoms with Crippen LogP contribution in [-0.4, -0.2) is 47.9 Å². The van der Waals surface area contributed by atoms with Crippen molar-refractivity contribution in [2.75, 3.05) is 26.2 Å². The Morgan fingerprint density at radius 3 is 2.42 bits per heavy atom. The van der Waals surface area contributed by atoms with Crippen molar-refractivity contribution in [3.05, 3.63) is 48.2 Å². The van der Waals surface area contributed by atoms with Crippen LogP contribution in [0.3, 0.4) is 0 Å². The second-order valence-electron chi connectivity index (χ2n) is 7.49. The molecule has 0 bridgehead atoms. The second kappa shape index (κ2) is 8.09. The first-order valence-electron chi connectivity index (χ1n) is 9.95. The summed E-state index contributed by atoms with van der Waals surface area (Å²) >= 11 is 0. The van der Waals surface area contributed by atoms with Crippen molar-refractivity contribution < 1.29 is 9.21 Å². The topological polar surface area (TPSA) is 36.7 Å². The van der Waals surface area contributed by atoms with Gasteiger partial charge in [-0.1, -0.05) is 43.2 Å². The van der Waals surface area contributed by atoms with E-state index in [4.69, 9.17) is 4.42 Å². The Kier molecular flexibility index (Phi) is 5.40. The van der Waals surface area contributed by atoms with Crippen LogP contribution in [0.4, 0.5) is 0 Å². The summed E-state index contributed by atoms with van der Waals surface area (Å²) in [6.45, 7) is 3.83. The molecule has 1 aromatic heterocycles. The number of hydrogen-bond donors (Lipinski definition) is 0. The van der Waals surface area contributed by atoms with Crippen LogP contribution in [-0.2, 0) is 11.2 Å². The molecule has 1 amide bonds. The number of carbonyl (C=O) groups is 1. The first-order valence-corrected chi connectivity index (χ1v) is 9.95. The molecule has 0 N–H and O–H groups in total. The Hall–Kier alpha value is -2.07. The lowest BCUT2D eigenvalue weighted by atomic mass is 10.1. The average molecular weight is 352 g/mol. The van der Waals surface area contributed by atoms with Crippen LogP contribution in [0, 0.1) is 0 Å². The smallest absolute Gasteiger partial charge is 0.223 e.